The number of nitrogens with zero attached hydrogens (tertiary/aromatic N) is 2. The van der Waals surface area contributed by atoms with Crippen LogP contribution in [0.1, 0.15) is 26.4 Å². The summed E-state index contributed by atoms with van der Waals surface area (Å²) in [6, 6.07) is 12.4. The zero-order valence-electron chi connectivity index (χ0n) is 15.1. The SMILES string of the molecule is Cc1ccc(S(C)(=O)=O)cc1C(=O)Nc1ccc(-n2ccc(C(=O)O)n2)cc1. The van der Waals surface area contributed by atoms with Gasteiger partial charge in [0, 0.05) is 23.7 Å². The van der Waals surface area contributed by atoms with Gasteiger partial charge in [0.2, 0.25) is 0 Å². The lowest BCUT2D eigenvalue weighted by atomic mass is 10.1. The Balaban J connectivity index is 1.80. The average Bonchev–Trinajstić information content (AvgIpc) is 3.12. The highest BCUT2D eigenvalue weighted by molar-refractivity contribution is 7.90. The molecule has 3 rings (SSSR count). The first-order chi connectivity index (χ1) is 13.1. The van der Waals surface area contributed by atoms with Gasteiger partial charge in [-0.2, -0.15) is 5.10 Å². The third kappa shape index (κ3) is 4.09. The summed E-state index contributed by atoms with van der Waals surface area (Å²) < 4.78 is 24.8. The van der Waals surface area contributed by atoms with Crippen LogP contribution in [-0.4, -0.2) is 41.4 Å². The number of sulfone groups is 1. The van der Waals surface area contributed by atoms with Crippen molar-refractivity contribution in [1.82, 2.24) is 9.78 Å². The molecule has 0 bridgehead atoms. The van der Waals surface area contributed by atoms with Crippen LogP contribution in [0.25, 0.3) is 5.69 Å². The molecule has 1 amide bonds. The van der Waals surface area contributed by atoms with Crippen LogP contribution in [0.2, 0.25) is 0 Å². The van der Waals surface area contributed by atoms with Crippen LogP contribution >= 0.6 is 0 Å². The van der Waals surface area contributed by atoms with Crippen LogP contribution in [0.15, 0.2) is 59.6 Å². The number of benzene rings is 2. The molecular weight excluding hydrogens is 382 g/mol. The summed E-state index contributed by atoms with van der Waals surface area (Å²) in [6.45, 7) is 1.72. The topological polar surface area (TPSA) is 118 Å². The zero-order chi connectivity index (χ0) is 20.5. The third-order valence-electron chi connectivity index (χ3n) is 4.08. The summed E-state index contributed by atoms with van der Waals surface area (Å²) >= 11 is 0. The number of hydrogen-bond donors (Lipinski definition) is 2. The van der Waals surface area contributed by atoms with Gasteiger partial charge in [0.25, 0.3) is 5.91 Å². The molecule has 0 aliphatic carbocycles. The van der Waals surface area contributed by atoms with E-state index in [4.69, 9.17) is 5.11 Å². The number of amides is 1. The highest BCUT2D eigenvalue weighted by Gasteiger charge is 2.15. The lowest BCUT2D eigenvalue weighted by Crippen LogP contribution is -2.14. The maximum atomic E-state index is 12.6. The standard InChI is InChI=1S/C19H17N3O5S/c1-12-3-8-15(28(2,26)27)11-16(12)18(23)20-13-4-6-14(7-5-13)22-10-9-17(21-22)19(24)25/h3-11H,1-2H3,(H,20,23)(H,24,25). The molecular formula is C19H17N3O5S. The van der Waals surface area contributed by atoms with Crippen LogP contribution in [0.3, 0.4) is 0 Å². The fraction of sp³-hybridized carbons (Fsp3) is 0.105. The number of carboxylic acids is 1. The Hall–Kier alpha value is -3.46. The van der Waals surface area contributed by atoms with Gasteiger partial charge >= 0.3 is 5.97 Å². The van der Waals surface area contributed by atoms with Gasteiger partial charge in [-0.05, 0) is 55.0 Å². The maximum absolute atomic E-state index is 12.6. The van der Waals surface area contributed by atoms with Crippen molar-refractivity contribution in [3.63, 3.8) is 0 Å². The molecule has 0 fully saturated rings. The minimum Gasteiger partial charge on any atom is -0.476 e. The molecule has 0 aliphatic rings. The summed E-state index contributed by atoms with van der Waals surface area (Å²) in [6.07, 6.45) is 2.61. The first-order valence-electron chi connectivity index (χ1n) is 8.16. The van der Waals surface area contributed by atoms with Gasteiger partial charge in [0.05, 0.1) is 10.6 Å². The molecule has 0 saturated carbocycles. The highest BCUT2D eigenvalue weighted by atomic mass is 32.2. The summed E-state index contributed by atoms with van der Waals surface area (Å²) in [7, 11) is -3.42. The molecule has 0 spiro atoms. The van der Waals surface area contributed by atoms with E-state index < -0.39 is 21.7 Å². The fourth-order valence-corrected chi connectivity index (χ4v) is 3.20. The lowest BCUT2D eigenvalue weighted by Gasteiger charge is -2.10. The van der Waals surface area contributed by atoms with E-state index in [-0.39, 0.29) is 16.2 Å². The number of anilines is 1. The van der Waals surface area contributed by atoms with E-state index in [0.29, 0.717) is 16.9 Å². The molecule has 0 atom stereocenters. The van der Waals surface area contributed by atoms with Gasteiger partial charge in [-0.1, -0.05) is 6.07 Å². The number of aromatic nitrogens is 2. The van der Waals surface area contributed by atoms with Gasteiger partial charge < -0.3 is 10.4 Å². The Morgan fingerprint density at radius 2 is 1.75 bits per heavy atom. The quantitative estimate of drug-likeness (QED) is 0.681. The minimum atomic E-state index is -3.42. The first-order valence-corrected chi connectivity index (χ1v) is 10.1. The Morgan fingerprint density at radius 3 is 2.32 bits per heavy atom. The molecule has 28 heavy (non-hydrogen) atoms. The van der Waals surface area contributed by atoms with Crippen LogP contribution in [0, 0.1) is 6.92 Å². The van der Waals surface area contributed by atoms with Gasteiger partial charge in [0.1, 0.15) is 0 Å². The number of rotatable bonds is 5. The maximum Gasteiger partial charge on any atom is 0.356 e. The van der Waals surface area contributed by atoms with Crippen LogP contribution in [-0.2, 0) is 9.84 Å². The van der Waals surface area contributed by atoms with Crippen molar-refractivity contribution in [2.24, 2.45) is 0 Å². The van der Waals surface area contributed by atoms with Gasteiger partial charge in [-0.15, -0.1) is 0 Å². The van der Waals surface area contributed by atoms with Crippen molar-refractivity contribution in [3.8, 4) is 5.69 Å². The number of nitrogens with one attached hydrogen (secondary N) is 1. The van der Waals surface area contributed by atoms with Crippen molar-refractivity contribution in [2.45, 2.75) is 11.8 Å². The van der Waals surface area contributed by atoms with Crippen molar-refractivity contribution < 1.29 is 23.1 Å². The second kappa shape index (κ2) is 7.28. The number of hydrogen-bond acceptors (Lipinski definition) is 5. The highest BCUT2D eigenvalue weighted by Crippen LogP contribution is 2.19. The average molecular weight is 399 g/mol. The van der Waals surface area contributed by atoms with Gasteiger partial charge in [-0.3, -0.25) is 4.79 Å². The molecule has 0 saturated heterocycles. The van der Waals surface area contributed by atoms with E-state index >= 15 is 0 Å². The van der Waals surface area contributed by atoms with Gasteiger partial charge in [0.15, 0.2) is 15.5 Å². The third-order valence-corrected chi connectivity index (χ3v) is 5.19. The molecule has 9 heteroatoms. The smallest absolute Gasteiger partial charge is 0.356 e. The van der Waals surface area contributed by atoms with Crippen molar-refractivity contribution in [1.29, 1.82) is 0 Å². The number of carboxylic acid groups (broad SMARTS) is 1. The predicted molar refractivity (Wildman–Crippen MR) is 103 cm³/mol. The Morgan fingerprint density at radius 1 is 1.07 bits per heavy atom. The van der Waals surface area contributed by atoms with E-state index in [1.54, 1.807) is 37.3 Å². The first kappa shape index (κ1) is 19.3. The largest absolute Gasteiger partial charge is 0.476 e. The normalized spacial score (nSPS) is 11.2. The van der Waals surface area contributed by atoms with Crippen molar-refractivity contribution >= 4 is 27.4 Å². The number of carbonyl (C=O) groups excluding carboxylic acids is 1. The summed E-state index contributed by atoms with van der Waals surface area (Å²) in [5.41, 5.74) is 1.98. The van der Waals surface area contributed by atoms with E-state index in [2.05, 4.69) is 10.4 Å². The monoisotopic (exact) mass is 399 g/mol. The molecule has 8 nitrogen and oxygen atoms in total. The number of aryl methyl sites for hydroxylation is 1. The molecule has 3 aromatic rings. The molecule has 1 aromatic heterocycles. The summed E-state index contributed by atoms with van der Waals surface area (Å²) in [5.74, 6) is -1.54. The zero-order valence-corrected chi connectivity index (χ0v) is 15.9. The molecule has 2 aromatic carbocycles. The van der Waals surface area contributed by atoms with E-state index in [0.717, 1.165) is 6.26 Å². The molecule has 0 radical (unpaired) electrons. The van der Waals surface area contributed by atoms with Crippen LogP contribution < -0.4 is 5.32 Å². The minimum absolute atomic E-state index is 0.0707. The number of aromatic carboxylic acids is 1. The lowest BCUT2D eigenvalue weighted by molar-refractivity contribution is 0.0689. The Labute approximate surface area is 161 Å². The summed E-state index contributed by atoms with van der Waals surface area (Å²) in [5, 5.41) is 15.6. The molecule has 0 unspecified atom stereocenters. The van der Waals surface area contributed by atoms with Crippen LogP contribution in [0.5, 0.6) is 0 Å². The van der Waals surface area contributed by atoms with Crippen molar-refractivity contribution in [2.75, 3.05) is 11.6 Å². The second-order valence-corrected chi connectivity index (χ2v) is 8.22. The van der Waals surface area contributed by atoms with E-state index in [1.165, 1.54) is 29.1 Å². The Kier molecular flexibility index (Phi) is 5.02. The molecule has 1 heterocycles. The predicted octanol–water partition coefficient (Wildman–Crippen LogP) is 2.53. The van der Waals surface area contributed by atoms with Crippen molar-refractivity contribution in [3.05, 3.63) is 71.5 Å². The molecule has 0 aliphatic heterocycles. The van der Waals surface area contributed by atoms with Gasteiger partial charge in [-0.25, -0.2) is 17.9 Å². The molecule has 2 N–H and O–H groups in total. The van der Waals surface area contributed by atoms with E-state index in [1.807, 2.05) is 0 Å². The number of carbonyl (C=O) groups is 2. The summed E-state index contributed by atoms with van der Waals surface area (Å²) in [4.78, 5) is 23.5. The van der Waals surface area contributed by atoms with E-state index in [9.17, 15) is 18.0 Å². The molecule has 144 valence electrons. The second-order valence-electron chi connectivity index (χ2n) is 6.20. The Bertz CT molecular complexity index is 1160. The fourth-order valence-electron chi connectivity index (χ4n) is 2.55. The van der Waals surface area contributed by atoms with Crippen LogP contribution in [0.4, 0.5) is 5.69 Å².